The summed E-state index contributed by atoms with van der Waals surface area (Å²) in [6.45, 7) is 4.33. The second-order valence-corrected chi connectivity index (χ2v) is 4.33. The fourth-order valence-corrected chi connectivity index (χ4v) is 0.952. The first-order chi connectivity index (χ1) is 10.7. The SMILES string of the molecule is CC(=O)O.CC(=O)O.CC(=O)O.CC(=O)O.NC1=C(N)CCCC1. The topological polar surface area (TPSA) is 201 Å². The van der Waals surface area contributed by atoms with Crippen molar-refractivity contribution in [2.45, 2.75) is 53.4 Å². The van der Waals surface area contributed by atoms with E-state index in [1.54, 1.807) is 0 Å². The van der Waals surface area contributed by atoms with Crippen molar-refractivity contribution in [2.24, 2.45) is 11.5 Å². The molecule has 0 aromatic heterocycles. The third-order valence-corrected chi connectivity index (χ3v) is 1.55. The Balaban J connectivity index is -0.000000110. The van der Waals surface area contributed by atoms with Crippen molar-refractivity contribution in [1.82, 2.24) is 0 Å². The van der Waals surface area contributed by atoms with Crippen molar-refractivity contribution in [1.29, 1.82) is 0 Å². The lowest BCUT2D eigenvalue weighted by molar-refractivity contribution is -0.135. The Hall–Kier alpha value is -2.78. The third kappa shape index (κ3) is 94.4. The number of carboxylic acid groups (broad SMARTS) is 4. The number of allylic oxidation sites excluding steroid dienone is 2. The van der Waals surface area contributed by atoms with Crippen LogP contribution < -0.4 is 11.5 Å². The van der Waals surface area contributed by atoms with Crippen LogP contribution in [0, 0.1) is 0 Å². The number of rotatable bonds is 0. The molecular formula is C14H28N2O8. The van der Waals surface area contributed by atoms with Gasteiger partial charge in [0, 0.05) is 39.1 Å². The molecule has 142 valence electrons. The molecule has 0 saturated heterocycles. The van der Waals surface area contributed by atoms with Gasteiger partial charge in [-0.05, 0) is 25.7 Å². The molecule has 10 nitrogen and oxygen atoms in total. The van der Waals surface area contributed by atoms with Gasteiger partial charge in [0.1, 0.15) is 0 Å². The summed E-state index contributed by atoms with van der Waals surface area (Å²) >= 11 is 0. The molecule has 0 spiro atoms. The van der Waals surface area contributed by atoms with E-state index in [2.05, 4.69) is 0 Å². The minimum atomic E-state index is -0.833. The summed E-state index contributed by atoms with van der Waals surface area (Å²) < 4.78 is 0. The van der Waals surface area contributed by atoms with Crippen molar-refractivity contribution in [2.75, 3.05) is 0 Å². The van der Waals surface area contributed by atoms with E-state index in [1.165, 1.54) is 12.8 Å². The number of hydrogen-bond acceptors (Lipinski definition) is 6. The van der Waals surface area contributed by atoms with Crippen LogP contribution >= 0.6 is 0 Å². The normalized spacial score (nSPS) is 11.3. The van der Waals surface area contributed by atoms with Crippen molar-refractivity contribution in [3.05, 3.63) is 11.4 Å². The highest BCUT2D eigenvalue weighted by atomic mass is 16.4. The first-order valence-electron chi connectivity index (χ1n) is 6.75. The maximum Gasteiger partial charge on any atom is 0.300 e. The molecule has 0 heterocycles. The Labute approximate surface area is 140 Å². The highest BCUT2D eigenvalue weighted by Crippen LogP contribution is 2.16. The molecule has 0 aromatic carbocycles. The summed E-state index contributed by atoms with van der Waals surface area (Å²) in [5.41, 5.74) is 12.9. The zero-order chi connectivity index (χ0) is 20.3. The molecule has 8 N–H and O–H groups in total. The molecule has 10 heteroatoms. The van der Waals surface area contributed by atoms with Crippen LogP contribution in [0.3, 0.4) is 0 Å². The maximum absolute atomic E-state index is 9.00. The molecule has 0 amide bonds. The molecule has 0 atom stereocenters. The molecule has 0 bridgehead atoms. The maximum atomic E-state index is 9.00. The van der Waals surface area contributed by atoms with Crippen molar-refractivity contribution < 1.29 is 39.6 Å². The number of hydrogen-bond donors (Lipinski definition) is 6. The number of nitrogens with two attached hydrogens (primary N) is 2. The second-order valence-electron chi connectivity index (χ2n) is 4.33. The molecule has 0 radical (unpaired) electrons. The van der Waals surface area contributed by atoms with Gasteiger partial charge in [-0.3, -0.25) is 19.2 Å². The highest BCUT2D eigenvalue weighted by Gasteiger charge is 2.04. The van der Waals surface area contributed by atoms with E-state index in [-0.39, 0.29) is 0 Å². The van der Waals surface area contributed by atoms with Crippen molar-refractivity contribution >= 4 is 23.9 Å². The van der Waals surface area contributed by atoms with Crippen LogP contribution in [0.5, 0.6) is 0 Å². The van der Waals surface area contributed by atoms with Gasteiger partial charge in [-0.2, -0.15) is 0 Å². The van der Waals surface area contributed by atoms with Gasteiger partial charge in [-0.1, -0.05) is 0 Å². The zero-order valence-corrected chi connectivity index (χ0v) is 14.4. The lowest BCUT2D eigenvalue weighted by atomic mass is 10.0. The Morgan fingerprint density at radius 2 is 0.750 bits per heavy atom. The molecule has 1 rings (SSSR count). The third-order valence-electron chi connectivity index (χ3n) is 1.55. The Bertz CT molecular complexity index is 341. The van der Waals surface area contributed by atoms with Gasteiger partial charge in [0.25, 0.3) is 23.9 Å². The van der Waals surface area contributed by atoms with Crippen LogP contribution in [0.1, 0.15) is 53.4 Å². The summed E-state index contributed by atoms with van der Waals surface area (Å²) in [4.78, 5) is 36.0. The lowest BCUT2D eigenvalue weighted by Crippen LogP contribution is -2.13. The van der Waals surface area contributed by atoms with E-state index >= 15 is 0 Å². The molecule has 1 aliphatic rings. The minimum Gasteiger partial charge on any atom is -0.481 e. The van der Waals surface area contributed by atoms with Gasteiger partial charge in [-0.25, -0.2) is 0 Å². The fourth-order valence-electron chi connectivity index (χ4n) is 0.952. The monoisotopic (exact) mass is 352 g/mol. The summed E-state index contributed by atoms with van der Waals surface area (Å²) in [5, 5.41) is 29.7. The Kier molecular flexibility index (Phi) is 24.6. The predicted octanol–water partition coefficient (Wildman–Crippen LogP) is 1.05. The number of aliphatic carboxylic acids is 4. The van der Waals surface area contributed by atoms with Gasteiger partial charge in [0.2, 0.25) is 0 Å². The Morgan fingerprint density at radius 3 is 0.833 bits per heavy atom. The predicted molar refractivity (Wildman–Crippen MR) is 87.1 cm³/mol. The minimum absolute atomic E-state index is 0.833. The Morgan fingerprint density at radius 1 is 0.625 bits per heavy atom. The first-order valence-corrected chi connectivity index (χ1v) is 6.75. The van der Waals surface area contributed by atoms with Gasteiger partial charge in [-0.15, -0.1) is 0 Å². The molecule has 24 heavy (non-hydrogen) atoms. The van der Waals surface area contributed by atoms with Gasteiger partial charge >= 0.3 is 0 Å². The first kappa shape index (κ1) is 29.3. The standard InChI is InChI=1S/C6H12N2.4C2H4O2/c7-5-3-1-2-4-6(5)8;4*1-2(3)4/h1-4,7-8H2;4*1H3,(H,3,4). The molecule has 1 aliphatic carbocycles. The molecule has 0 fully saturated rings. The molecule has 0 aliphatic heterocycles. The van der Waals surface area contributed by atoms with Crippen LogP contribution in [0.25, 0.3) is 0 Å². The van der Waals surface area contributed by atoms with Gasteiger partial charge in [0.15, 0.2) is 0 Å². The molecule has 0 unspecified atom stereocenters. The van der Waals surface area contributed by atoms with Crippen LogP contribution in [0.15, 0.2) is 11.4 Å². The average molecular weight is 352 g/mol. The summed E-state index contributed by atoms with van der Waals surface area (Å²) in [6, 6.07) is 0. The van der Waals surface area contributed by atoms with Crippen molar-refractivity contribution in [3.63, 3.8) is 0 Å². The quantitative estimate of drug-likeness (QED) is 0.366. The van der Waals surface area contributed by atoms with E-state index < -0.39 is 23.9 Å². The van der Waals surface area contributed by atoms with E-state index in [4.69, 9.17) is 51.1 Å². The van der Waals surface area contributed by atoms with E-state index in [0.717, 1.165) is 51.9 Å². The lowest BCUT2D eigenvalue weighted by Gasteiger charge is -2.12. The number of carbonyl (C=O) groups is 4. The van der Waals surface area contributed by atoms with E-state index in [0.29, 0.717) is 0 Å². The fraction of sp³-hybridized carbons (Fsp3) is 0.571. The number of carboxylic acids is 4. The van der Waals surface area contributed by atoms with E-state index in [1.807, 2.05) is 0 Å². The van der Waals surface area contributed by atoms with Crippen LogP contribution in [0.2, 0.25) is 0 Å². The van der Waals surface area contributed by atoms with Gasteiger partial charge in [0.05, 0.1) is 0 Å². The molecule has 0 aromatic rings. The average Bonchev–Trinajstić information content (AvgIpc) is 2.30. The summed E-state index contributed by atoms with van der Waals surface area (Å²) in [7, 11) is 0. The zero-order valence-electron chi connectivity index (χ0n) is 14.4. The highest BCUT2D eigenvalue weighted by molar-refractivity contribution is 5.63. The van der Waals surface area contributed by atoms with Gasteiger partial charge < -0.3 is 31.9 Å². The largest absolute Gasteiger partial charge is 0.481 e. The summed E-state index contributed by atoms with van der Waals surface area (Å²) in [5.74, 6) is -3.33. The van der Waals surface area contributed by atoms with Crippen LogP contribution in [-0.4, -0.2) is 44.3 Å². The molecular weight excluding hydrogens is 324 g/mol. The van der Waals surface area contributed by atoms with Crippen molar-refractivity contribution in [3.8, 4) is 0 Å². The smallest absolute Gasteiger partial charge is 0.300 e. The van der Waals surface area contributed by atoms with Crippen LogP contribution in [0.4, 0.5) is 0 Å². The van der Waals surface area contributed by atoms with E-state index in [9.17, 15) is 0 Å². The second kappa shape index (κ2) is 20.2. The van der Waals surface area contributed by atoms with Crippen LogP contribution in [-0.2, 0) is 19.2 Å². The summed E-state index contributed by atoms with van der Waals surface area (Å²) in [6.07, 6.45) is 4.44. The molecule has 0 saturated carbocycles.